The summed E-state index contributed by atoms with van der Waals surface area (Å²) in [5.74, 6) is 0.442. The number of carbonyl (C=O) groups excluding carboxylic acids is 1. The number of nitrogens with two attached hydrogens (primary N) is 1. The van der Waals surface area contributed by atoms with Crippen molar-refractivity contribution in [2.24, 2.45) is 5.73 Å². The number of hydrogen-bond acceptors (Lipinski definition) is 3. The van der Waals surface area contributed by atoms with Crippen LogP contribution in [-0.4, -0.2) is 22.9 Å². The van der Waals surface area contributed by atoms with Crippen molar-refractivity contribution in [1.82, 2.24) is 10.2 Å². The summed E-state index contributed by atoms with van der Waals surface area (Å²) in [5, 5.41) is 2.68. The molecule has 0 aromatic rings. The molecule has 0 unspecified atom stereocenters. The summed E-state index contributed by atoms with van der Waals surface area (Å²) in [5.41, 5.74) is 5.93. The third-order valence-corrected chi connectivity index (χ3v) is 2.07. The van der Waals surface area contributed by atoms with E-state index in [2.05, 4.69) is 11.9 Å². The van der Waals surface area contributed by atoms with Crippen LogP contribution < -0.4 is 11.1 Å². The molecule has 1 aliphatic heterocycles. The second kappa shape index (κ2) is 3.46. The van der Waals surface area contributed by atoms with Gasteiger partial charge in [0.05, 0.1) is 0 Å². The molecular formula is C10H17N3O. The third-order valence-electron chi connectivity index (χ3n) is 2.07. The average Bonchev–Trinajstić information content (AvgIpc) is 2.02. The molecule has 0 fully saturated rings. The molecule has 0 aliphatic carbocycles. The standard InChI is InChI=1S/C10H17N3O/c1-7-12-9(14)8(5-11)6-13(7)10(2,3)4/h6H,1,5,11H2,2-4H3,(H,12,14). The second-order valence-corrected chi connectivity index (χ2v) is 4.30. The molecular weight excluding hydrogens is 178 g/mol. The van der Waals surface area contributed by atoms with Crippen LogP contribution in [0.15, 0.2) is 24.2 Å². The summed E-state index contributed by atoms with van der Waals surface area (Å²) < 4.78 is 0. The van der Waals surface area contributed by atoms with Crippen LogP contribution in [0.5, 0.6) is 0 Å². The molecule has 78 valence electrons. The Labute approximate surface area is 84.4 Å². The monoisotopic (exact) mass is 195 g/mol. The van der Waals surface area contributed by atoms with Gasteiger partial charge in [0.25, 0.3) is 5.91 Å². The first-order valence-corrected chi connectivity index (χ1v) is 4.56. The van der Waals surface area contributed by atoms with Gasteiger partial charge in [-0.25, -0.2) is 0 Å². The van der Waals surface area contributed by atoms with Crippen molar-refractivity contribution in [3.8, 4) is 0 Å². The SMILES string of the molecule is C=C1NC(=O)C(CN)=CN1C(C)(C)C. The molecule has 1 amide bonds. The first-order valence-electron chi connectivity index (χ1n) is 4.56. The van der Waals surface area contributed by atoms with Crippen LogP contribution in [0.2, 0.25) is 0 Å². The van der Waals surface area contributed by atoms with Gasteiger partial charge in [-0.3, -0.25) is 4.79 Å². The second-order valence-electron chi connectivity index (χ2n) is 4.30. The first kappa shape index (κ1) is 10.8. The quantitative estimate of drug-likeness (QED) is 0.641. The maximum atomic E-state index is 11.4. The molecule has 1 rings (SSSR count). The van der Waals surface area contributed by atoms with Crippen molar-refractivity contribution in [3.05, 3.63) is 24.2 Å². The Balaban J connectivity index is 3.03. The van der Waals surface area contributed by atoms with E-state index in [4.69, 9.17) is 5.73 Å². The highest BCUT2D eigenvalue weighted by Crippen LogP contribution is 2.21. The molecule has 0 aromatic heterocycles. The van der Waals surface area contributed by atoms with E-state index in [9.17, 15) is 4.79 Å². The number of nitrogens with zero attached hydrogens (tertiary/aromatic N) is 1. The van der Waals surface area contributed by atoms with Gasteiger partial charge >= 0.3 is 0 Å². The predicted molar refractivity (Wildman–Crippen MR) is 56.0 cm³/mol. The van der Waals surface area contributed by atoms with Gasteiger partial charge in [-0.1, -0.05) is 6.58 Å². The van der Waals surface area contributed by atoms with Crippen LogP contribution in [0.4, 0.5) is 0 Å². The van der Waals surface area contributed by atoms with E-state index in [1.54, 1.807) is 6.20 Å². The van der Waals surface area contributed by atoms with Gasteiger partial charge in [-0.2, -0.15) is 0 Å². The van der Waals surface area contributed by atoms with E-state index in [0.717, 1.165) is 0 Å². The minimum Gasteiger partial charge on any atom is -0.329 e. The molecule has 1 heterocycles. The van der Waals surface area contributed by atoms with Crippen LogP contribution in [0.25, 0.3) is 0 Å². The molecule has 0 bridgehead atoms. The fourth-order valence-corrected chi connectivity index (χ4v) is 1.31. The van der Waals surface area contributed by atoms with Crippen molar-refractivity contribution in [3.63, 3.8) is 0 Å². The van der Waals surface area contributed by atoms with Gasteiger partial charge in [0, 0.05) is 23.9 Å². The third kappa shape index (κ3) is 1.96. The van der Waals surface area contributed by atoms with E-state index in [1.807, 2.05) is 25.7 Å². The largest absolute Gasteiger partial charge is 0.329 e. The Morgan fingerprint density at radius 3 is 2.57 bits per heavy atom. The van der Waals surface area contributed by atoms with Crippen LogP contribution >= 0.6 is 0 Å². The van der Waals surface area contributed by atoms with E-state index in [1.165, 1.54) is 0 Å². The lowest BCUT2D eigenvalue weighted by Crippen LogP contribution is -2.47. The first-order chi connectivity index (χ1) is 6.36. The van der Waals surface area contributed by atoms with Crippen LogP contribution in [0.3, 0.4) is 0 Å². The number of amides is 1. The molecule has 1 aliphatic rings. The maximum absolute atomic E-state index is 11.4. The lowest BCUT2D eigenvalue weighted by molar-refractivity contribution is -0.118. The van der Waals surface area contributed by atoms with Gasteiger partial charge in [0.15, 0.2) is 0 Å². The van der Waals surface area contributed by atoms with E-state index >= 15 is 0 Å². The Morgan fingerprint density at radius 2 is 2.14 bits per heavy atom. The van der Waals surface area contributed by atoms with E-state index < -0.39 is 0 Å². The summed E-state index contributed by atoms with van der Waals surface area (Å²) >= 11 is 0. The molecule has 0 spiro atoms. The molecule has 0 atom stereocenters. The van der Waals surface area contributed by atoms with Crippen molar-refractivity contribution in [2.45, 2.75) is 26.3 Å². The Bertz CT molecular complexity index is 299. The topological polar surface area (TPSA) is 58.4 Å². The minimum absolute atomic E-state index is 0.106. The number of nitrogens with one attached hydrogen (secondary N) is 1. The van der Waals surface area contributed by atoms with Gasteiger partial charge in [-0.05, 0) is 20.8 Å². The Kier molecular flexibility index (Phi) is 2.66. The normalized spacial score (nSPS) is 18.0. The zero-order chi connectivity index (χ0) is 10.9. The van der Waals surface area contributed by atoms with Crippen molar-refractivity contribution < 1.29 is 4.79 Å². The van der Waals surface area contributed by atoms with Gasteiger partial charge < -0.3 is 16.0 Å². The highest BCUT2D eigenvalue weighted by Gasteiger charge is 2.27. The van der Waals surface area contributed by atoms with Gasteiger partial charge in [-0.15, -0.1) is 0 Å². The van der Waals surface area contributed by atoms with E-state index in [-0.39, 0.29) is 18.0 Å². The smallest absolute Gasteiger partial charge is 0.255 e. The number of carbonyl (C=O) groups is 1. The van der Waals surface area contributed by atoms with Crippen LogP contribution in [-0.2, 0) is 4.79 Å². The maximum Gasteiger partial charge on any atom is 0.255 e. The Hall–Kier alpha value is -1.29. The van der Waals surface area contributed by atoms with Crippen molar-refractivity contribution in [1.29, 1.82) is 0 Å². The molecule has 0 saturated carbocycles. The summed E-state index contributed by atoms with van der Waals surface area (Å²) in [6.45, 7) is 10.2. The fourth-order valence-electron chi connectivity index (χ4n) is 1.31. The highest BCUT2D eigenvalue weighted by molar-refractivity contribution is 5.95. The lowest BCUT2D eigenvalue weighted by atomic mass is 10.0. The van der Waals surface area contributed by atoms with Crippen molar-refractivity contribution >= 4 is 5.91 Å². The zero-order valence-electron chi connectivity index (χ0n) is 8.92. The molecule has 4 nitrogen and oxygen atoms in total. The van der Waals surface area contributed by atoms with Crippen LogP contribution in [0.1, 0.15) is 20.8 Å². The van der Waals surface area contributed by atoms with E-state index in [0.29, 0.717) is 11.4 Å². The number of rotatable bonds is 1. The molecule has 0 radical (unpaired) electrons. The number of hydrogen-bond donors (Lipinski definition) is 2. The molecule has 0 aromatic carbocycles. The van der Waals surface area contributed by atoms with Crippen molar-refractivity contribution in [2.75, 3.05) is 6.54 Å². The predicted octanol–water partition coefficient (Wildman–Crippen LogP) is 0.530. The summed E-state index contributed by atoms with van der Waals surface area (Å²) in [7, 11) is 0. The Morgan fingerprint density at radius 1 is 1.57 bits per heavy atom. The molecule has 0 saturated heterocycles. The molecule has 4 heteroatoms. The van der Waals surface area contributed by atoms with Crippen LogP contribution in [0, 0.1) is 0 Å². The highest BCUT2D eigenvalue weighted by atomic mass is 16.2. The fraction of sp³-hybridized carbons (Fsp3) is 0.500. The average molecular weight is 195 g/mol. The summed E-state index contributed by atoms with van der Waals surface area (Å²) in [4.78, 5) is 13.3. The summed E-state index contributed by atoms with van der Waals surface area (Å²) in [6.07, 6.45) is 1.77. The molecule has 14 heavy (non-hydrogen) atoms. The van der Waals surface area contributed by atoms with Gasteiger partial charge in [0.1, 0.15) is 5.82 Å². The van der Waals surface area contributed by atoms with Gasteiger partial charge in [0.2, 0.25) is 0 Å². The molecule has 3 N–H and O–H groups in total. The lowest BCUT2D eigenvalue weighted by Gasteiger charge is -2.39. The zero-order valence-corrected chi connectivity index (χ0v) is 8.92. The minimum atomic E-state index is -0.155. The summed E-state index contributed by atoms with van der Waals surface area (Å²) in [6, 6.07) is 0.